The Hall–Kier alpha value is -1.35. The highest BCUT2D eigenvalue weighted by Crippen LogP contribution is 2.15. The van der Waals surface area contributed by atoms with E-state index in [0.717, 1.165) is 18.8 Å². The molecule has 0 unspecified atom stereocenters. The van der Waals surface area contributed by atoms with Gasteiger partial charge in [-0.2, -0.15) is 12.6 Å². The second-order valence-electron chi connectivity index (χ2n) is 5.43. The molecule has 2 aromatic rings. The third-order valence-corrected chi connectivity index (χ3v) is 4.03. The smallest absolute Gasteiger partial charge is 0.169 e. The van der Waals surface area contributed by atoms with E-state index < -0.39 is 0 Å². The van der Waals surface area contributed by atoms with Gasteiger partial charge >= 0.3 is 0 Å². The molecule has 2 heterocycles. The Balaban J connectivity index is 1.97. The van der Waals surface area contributed by atoms with Gasteiger partial charge in [-0.15, -0.1) is 0 Å². The van der Waals surface area contributed by atoms with Crippen LogP contribution in [0.1, 0.15) is 32.6 Å². The van der Waals surface area contributed by atoms with Crippen molar-refractivity contribution < 1.29 is 9.13 Å². The average molecular weight is 302 g/mol. The van der Waals surface area contributed by atoms with Gasteiger partial charge in [0.2, 0.25) is 0 Å². The summed E-state index contributed by atoms with van der Waals surface area (Å²) < 4.78 is 4.50. The summed E-state index contributed by atoms with van der Waals surface area (Å²) in [5, 5.41) is 0. The molecule has 112 valence electrons. The van der Waals surface area contributed by atoms with Crippen LogP contribution in [0.15, 0.2) is 49.1 Å². The maximum absolute atomic E-state index is 4.25. The monoisotopic (exact) mass is 302 g/mol. The van der Waals surface area contributed by atoms with Crippen molar-refractivity contribution in [1.82, 2.24) is 0 Å². The minimum absolute atomic E-state index is 0.973. The lowest BCUT2D eigenvalue weighted by Gasteiger charge is -2.01. The molecule has 0 aromatic carbocycles. The summed E-state index contributed by atoms with van der Waals surface area (Å²) in [5.74, 6) is 0.973. The summed E-state index contributed by atoms with van der Waals surface area (Å²) in [6.45, 7) is 4.41. The third-order valence-electron chi connectivity index (χ3n) is 3.71. The molecule has 0 amide bonds. The van der Waals surface area contributed by atoms with Crippen LogP contribution in [0.25, 0.3) is 11.1 Å². The number of thiol groups is 1. The van der Waals surface area contributed by atoms with Crippen LogP contribution in [-0.4, -0.2) is 5.75 Å². The number of aromatic nitrogens is 2. The fourth-order valence-electron chi connectivity index (χ4n) is 2.34. The SMILES string of the molecule is CCCC[n+]1ccc(-c2cc[n+](CCCCS)cc2)cc1. The van der Waals surface area contributed by atoms with Gasteiger partial charge in [-0.05, 0) is 23.3 Å². The molecular weight excluding hydrogens is 276 g/mol. The Morgan fingerprint density at radius 2 is 1.24 bits per heavy atom. The Labute approximate surface area is 133 Å². The van der Waals surface area contributed by atoms with Crippen molar-refractivity contribution in [1.29, 1.82) is 0 Å². The van der Waals surface area contributed by atoms with Crippen LogP contribution in [0, 0.1) is 0 Å². The van der Waals surface area contributed by atoms with Gasteiger partial charge in [0.1, 0.15) is 13.1 Å². The molecule has 0 atom stereocenters. The van der Waals surface area contributed by atoms with Gasteiger partial charge in [0.25, 0.3) is 0 Å². The second kappa shape index (κ2) is 8.83. The van der Waals surface area contributed by atoms with Crippen molar-refractivity contribution in [3.05, 3.63) is 49.1 Å². The van der Waals surface area contributed by atoms with E-state index in [2.05, 4.69) is 77.7 Å². The molecule has 0 N–H and O–H groups in total. The number of aryl methyl sites for hydroxylation is 2. The largest absolute Gasteiger partial charge is 0.205 e. The quantitative estimate of drug-likeness (QED) is 0.434. The lowest BCUT2D eigenvalue weighted by Crippen LogP contribution is -2.33. The number of hydrogen-bond acceptors (Lipinski definition) is 1. The predicted octanol–water partition coefficient (Wildman–Crippen LogP) is 3.44. The van der Waals surface area contributed by atoms with Crippen LogP contribution >= 0.6 is 12.6 Å². The molecule has 0 saturated heterocycles. The topological polar surface area (TPSA) is 7.76 Å². The van der Waals surface area contributed by atoms with Crippen LogP contribution in [0.4, 0.5) is 0 Å². The van der Waals surface area contributed by atoms with E-state index in [-0.39, 0.29) is 0 Å². The van der Waals surface area contributed by atoms with Gasteiger partial charge in [0, 0.05) is 37.1 Å². The van der Waals surface area contributed by atoms with Gasteiger partial charge < -0.3 is 0 Å². The number of nitrogens with zero attached hydrogens (tertiary/aromatic N) is 2. The molecule has 0 spiro atoms. The van der Waals surface area contributed by atoms with Crippen LogP contribution in [0.5, 0.6) is 0 Å². The van der Waals surface area contributed by atoms with Crippen molar-refractivity contribution in [2.24, 2.45) is 0 Å². The van der Waals surface area contributed by atoms with E-state index in [4.69, 9.17) is 0 Å². The standard InChI is InChI=1S/C18H25N2S/c1-2-3-10-19-12-6-17(7-13-19)18-8-14-20(15-9-18)11-4-5-16-21/h6-9,12-15H,2-5,10-11,16H2,1H3/q+1/p+1. The zero-order chi connectivity index (χ0) is 14.9. The maximum Gasteiger partial charge on any atom is 0.169 e. The third kappa shape index (κ3) is 5.16. The molecule has 0 aliphatic carbocycles. The number of pyridine rings is 2. The van der Waals surface area contributed by atoms with Crippen molar-refractivity contribution in [3.63, 3.8) is 0 Å². The lowest BCUT2D eigenvalue weighted by molar-refractivity contribution is -0.697. The van der Waals surface area contributed by atoms with Crippen LogP contribution in [0.2, 0.25) is 0 Å². The highest BCUT2D eigenvalue weighted by molar-refractivity contribution is 7.80. The zero-order valence-electron chi connectivity index (χ0n) is 12.9. The Bertz CT molecular complexity index is 520. The second-order valence-corrected chi connectivity index (χ2v) is 5.88. The first-order valence-corrected chi connectivity index (χ1v) is 8.56. The summed E-state index contributed by atoms with van der Waals surface area (Å²) in [4.78, 5) is 0. The van der Waals surface area contributed by atoms with Gasteiger partial charge in [-0.1, -0.05) is 13.3 Å². The van der Waals surface area contributed by atoms with Crippen molar-refractivity contribution >= 4 is 12.6 Å². The van der Waals surface area contributed by atoms with Gasteiger partial charge in [-0.25, -0.2) is 9.13 Å². The van der Waals surface area contributed by atoms with E-state index in [9.17, 15) is 0 Å². The maximum atomic E-state index is 4.25. The first kappa shape index (κ1) is 16.0. The minimum Gasteiger partial charge on any atom is -0.205 e. The summed E-state index contributed by atoms with van der Waals surface area (Å²) >= 11 is 4.25. The van der Waals surface area contributed by atoms with Crippen molar-refractivity contribution in [3.8, 4) is 11.1 Å². The van der Waals surface area contributed by atoms with Crippen LogP contribution < -0.4 is 9.13 Å². The molecule has 0 aliphatic heterocycles. The van der Waals surface area contributed by atoms with E-state index >= 15 is 0 Å². The fourth-order valence-corrected chi connectivity index (χ4v) is 2.57. The molecular formula is C18H26N2S+2. The molecule has 0 saturated carbocycles. The Morgan fingerprint density at radius 1 is 0.762 bits per heavy atom. The number of unbranched alkanes of at least 4 members (excludes halogenated alkanes) is 2. The molecule has 0 fully saturated rings. The molecule has 3 heteroatoms. The van der Waals surface area contributed by atoms with Crippen LogP contribution in [-0.2, 0) is 13.1 Å². The minimum atomic E-state index is 0.973. The normalized spacial score (nSPS) is 10.8. The highest BCUT2D eigenvalue weighted by atomic mass is 32.1. The predicted molar refractivity (Wildman–Crippen MR) is 90.3 cm³/mol. The lowest BCUT2D eigenvalue weighted by atomic mass is 10.1. The molecule has 0 aliphatic rings. The van der Waals surface area contributed by atoms with Crippen LogP contribution in [0.3, 0.4) is 0 Å². The average Bonchev–Trinajstić information content (AvgIpc) is 2.54. The number of rotatable bonds is 8. The summed E-state index contributed by atoms with van der Waals surface area (Å²) in [5.41, 5.74) is 2.56. The summed E-state index contributed by atoms with van der Waals surface area (Å²) in [6.07, 6.45) is 13.5. The Kier molecular flexibility index (Phi) is 6.74. The fraction of sp³-hybridized carbons (Fsp3) is 0.444. The molecule has 2 aromatic heterocycles. The molecule has 0 bridgehead atoms. The van der Waals surface area contributed by atoms with Gasteiger partial charge in [0.15, 0.2) is 24.8 Å². The Morgan fingerprint density at radius 3 is 1.67 bits per heavy atom. The molecule has 2 rings (SSSR count). The zero-order valence-corrected chi connectivity index (χ0v) is 13.8. The van der Waals surface area contributed by atoms with Gasteiger partial charge in [-0.3, -0.25) is 0 Å². The molecule has 0 radical (unpaired) electrons. The van der Waals surface area contributed by atoms with E-state index in [1.54, 1.807) is 0 Å². The van der Waals surface area contributed by atoms with E-state index in [0.29, 0.717) is 0 Å². The first-order chi connectivity index (χ1) is 10.3. The molecule has 2 nitrogen and oxygen atoms in total. The number of hydrogen-bond donors (Lipinski definition) is 1. The summed E-state index contributed by atoms with van der Waals surface area (Å²) in [6, 6.07) is 8.81. The highest BCUT2D eigenvalue weighted by Gasteiger charge is 2.05. The first-order valence-electron chi connectivity index (χ1n) is 7.93. The van der Waals surface area contributed by atoms with Crippen molar-refractivity contribution in [2.45, 2.75) is 45.7 Å². The molecule has 21 heavy (non-hydrogen) atoms. The van der Waals surface area contributed by atoms with E-state index in [1.165, 1.54) is 36.8 Å². The van der Waals surface area contributed by atoms with Crippen molar-refractivity contribution in [2.75, 3.05) is 5.75 Å². The summed E-state index contributed by atoms with van der Waals surface area (Å²) in [7, 11) is 0. The van der Waals surface area contributed by atoms with E-state index in [1.807, 2.05) is 0 Å². The van der Waals surface area contributed by atoms with Gasteiger partial charge in [0.05, 0.1) is 0 Å².